The molecule has 0 saturated heterocycles. The zero-order valence-corrected chi connectivity index (χ0v) is 10.5. The van der Waals surface area contributed by atoms with Gasteiger partial charge in [-0.25, -0.2) is 0 Å². The van der Waals surface area contributed by atoms with Crippen LogP contribution in [0.15, 0.2) is 77.8 Å². The summed E-state index contributed by atoms with van der Waals surface area (Å²) in [5, 5.41) is 0. The smallest absolute Gasteiger partial charge is 0.196 e. The summed E-state index contributed by atoms with van der Waals surface area (Å²) in [5.74, 6) is 1.68. The van der Waals surface area contributed by atoms with Gasteiger partial charge in [-0.3, -0.25) is 4.79 Å². The number of hydrogen-bond donors (Lipinski definition) is 0. The summed E-state index contributed by atoms with van der Waals surface area (Å²) in [5.41, 5.74) is 1.36. The lowest BCUT2D eigenvalue weighted by Gasteiger charge is -2.10. The summed E-state index contributed by atoms with van der Waals surface area (Å²) in [6.45, 7) is 0. The molecule has 0 heterocycles. The number of rotatable bonds is 4. The number of allylic oxidation sites excluding steroid dienone is 6. The number of carbonyl (C=O) groups is 1. The lowest BCUT2D eigenvalue weighted by molar-refractivity contribution is 0.103. The maximum atomic E-state index is 12.4. The van der Waals surface area contributed by atoms with Gasteiger partial charge in [-0.1, -0.05) is 54.6 Å². The van der Waals surface area contributed by atoms with Gasteiger partial charge in [0.25, 0.3) is 0 Å². The third kappa shape index (κ3) is 2.43. The van der Waals surface area contributed by atoms with Crippen LogP contribution in [0.25, 0.3) is 0 Å². The standard InChI is InChI=1S/C17H14O2/c18-17(13-7-2-1-3-8-13)15-11-6-12-16(15)19-14-9-4-5-10-14/h1-9,11H,10,12H2. The second-order valence-electron chi connectivity index (χ2n) is 4.51. The van der Waals surface area contributed by atoms with E-state index in [1.54, 1.807) is 0 Å². The van der Waals surface area contributed by atoms with E-state index in [0.717, 1.165) is 17.9 Å². The molecule has 1 aromatic rings. The largest absolute Gasteiger partial charge is 0.465 e. The molecule has 0 bridgehead atoms. The first-order chi connectivity index (χ1) is 9.34. The second kappa shape index (κ2) is 5.11. The van der Waals surface area contributed by atoms with Crippen molar-refractivity contribution in [1.82, 2.24) is 0 Å². The van der Waals surface area contributed by atoms with Gasteiger partial charge in [0, 0.05) is 18.4 Å². The van der Waals surface area contributed by atoms with Gasteiger partial charge in [0.05, 0.1) is 5.57 Å². The van der Waals surface area contributed by atoms with Crippen LogP contribution in [0.1, 0.15) is 23.2 Å². The third-order valence-electron chi connectivity index (χ3n) is 3.16. The molecule has 3 rings (SSSR count). The maximum absolute atomic E-state index is 12.4. The number of ketones is 1. The summed E-state index contributed by atoms with van der Waals surface area (Å²) in [7, 11) is 0. The fourth-order valence-corrected chi connectivity index (χ4v) is 2.19. The SMILES string of the molecule is O=C(C1=C(OC2=CC=CC2)CC=C1)c1ccccc1. The van der Waals surface area contributed by atoms with Crippen molar-refractivity contribution in [2.45, 2.75) is 12.8 Å². The van der Waals surface area contributed by atoms with Crippen LogP contribution >= 0.6 is 0 Å². The Labute approximate surface area is 112 Å². The van der Waals surface area contributed by atoms with Crippen LogP contribution in [0, 0.1) is 0 Å². The van der Waals surface area contributed by atoms with Gasteiger partial charge in [0.15, 0.2) is 5.78 Å². The van der Waals surface area contributed by atoms with Gasteiger partial charge in [-0.15, -0.1) is 0 Å². The molecule has 0 N–H and O–H groups in total. The van der Waals surface area contributed by atoms with Crippen molar-refractivity contribution in [1.29, 1.82) is 0 Å². The second-order valence-corrected chi connectivity index (χ2v) is 4.51. The first-order valence-corrected chi connectivity index (χ1v) is 6.37. The molecular formula is C17H14O2. The lowest BCUT2D eigenvalue weighted by Crippen LogP contribution is -2.04. The molecule has 0 fully saturated rings. The highest BCUT2D eigenvalue weighted by atomic mass is 16.5. The lowest BCUT2D eigenvalue weighted by atomic mass is 10.0. The van der Waals surface area contributed by atoms with Crippen molar-refractivity contribution >= 4 is 5.78 Å². The molecule has 0 radical (unpaired) electrons. The highest BCUT2D eigenvalue weighted by Gasteiger charge is 2.20. The van der Waals surface area contributed by atoms with E-state index in [9.17, 15) is 4.79 Å². The van der Waals surface area contributed by atoms with Crippen LogP contribution < -0.4 is 0 Å². The topological polar surface area (TPSA) is 26.3 Å². The van der Waals surface area contributed by atoms with Crippen molar-refractivity contribution in [2.24, 2.45) is 0 Å². The molecule has 2 nitrogen and oxygen atoms in total. The molecular weight excluding hydrogens is 236 g/mol. The van der Waals surface area contributed by atoms with Gasteiger partial charge in [0.2, 0.25) is 0 Å². The summed E-state index contributed by atoms with van der Waals surface area (Å²) < 4.78 is 5.82. The molecule has 2 aliphatic carbocycles. The van der Waals surface area contributed by atoms with Gasteiger partial charge in [-0.2, -0.15) is 0 Å². The quantitative estimate of drug-likeness (QED) is 0.756. The monoisotopic (exact) mass is 250 g/mol. The highest BCUT2D eigenvalue weighted by molar-refractivity contribution is 6.11. The zero-order valence-electron chi connectivity index (χ0n) is 10.5. The summed E-state index contributed by atoms with van der Waals surface area (Å²) in [6.07, 6.45) is 11.3. The normalized spacial score (nSPS) is 16.9. The van der Waals surface area contributed by atoms with Crippen molar-refractivity contribution in [3.63, 3.8) is 0 Å². The molecule has 0 saturated carbocycles. The first-order valence-electron chi connectivity index (χ1n) is 6.37. The van der Waals surface area contributed by atoms with Crippen molar-refractivity contribution in [3.05, 3.63) is 83.4 Å². The number of hydrogen-bond acceptors (Lipinski definition) is 2. The van der Waals surface area contributed by atoms with Crippen LogP contribution in [-0.2, 0) is 4.74 Å². The Morgan fingerprint density at radius 3 is 2.63 bits per heavy atom. The van der Waals surface area contributed by atoms with Crippen LogP contribution in [0.5, 0.6) is 0 Å². The molecule has 2 heteroatoms. The van der Waals surface area contributed by atoms with Crippen LogP contribution in [0.2, 0.25) is 0 Å². The molecule has 1 aromatic carbocycles. The number of benzene rings is 1. The predicted octanol–water partition coefficient (Wildman–Crippen LogP) is 3.94. The van der Waals surface area contributed by atoms with E-state index in [2.05, 4.69) is 0 Å². The van der Waals surface area contributed by atoms with Gasteiger partial charge < -0.3 is 4.74 Å². The molecule has 0 spiro atoms. The zero-order chi connectivity index (χ0) is 13.1. The van der Waals surface area contributed by atoms with Crippen molar-refractivity contribution in [2.75, 3.05) is 0 Å². The predicted molar refractivity (Wildman–Crippen MR) is 74.5 cm³/mol. The molecule has 0 aliphatic heterocycles. The van der Waals surface area contributed by atoms with E-state index in [4.69, 9.17) is 4.74 Å². The molecule has 0 unspecified atom stereocenters. The van der Waals surface area contributed by atoms with Gasteiger partial charge in [-0.05, 0) is 6.08 Å². The van der Waals surface area contributed by atoms with E-state index in [1.807, 2.05) is 60.7 Å². The van der Waals surface area contributed by atoms with E-state index in [0.29, 0.717) is 17.6 Å². The van der Waals surface area contributed by atoms with Crippen LogP contribution in [0.4, 0.5) is 0 Å². The molecule has 0 amide bonds. The average Bonchev–Trinajstić information content (AvgIpc) is 3.11. The number of Topliss-reactive ketones (excluding diaryl/α,β-unsaturated/α-hetero) is 1. The fraction of sp³-hybridized carbons (Fsp3) is 0.118. The minimum Gasteiger partial charge on any atom is -0.465 e. The summed E-state index contributed by atoms with van der Waals surface area (Å²) >= 11 is 0. The Hall–Kier alpha value is -2.35. The highest BCUT2D eigenvalue weighted by Crippen LogP contribution is 2.27. The Morgan fingerprint density at radius 1 is 1.05 bits per heavy atom. The van der Waals surface area contributed by atoms with E-state index in [1.165, 1.54) is 0 Å². The maximum Gasteiger partial charge on any atom is 0.196 e. The Kier molecular flexibility index (Phi) is 3.15. The molecule has 0 aromatic heterocycles. The minimum absolute atomic E-state index is 0.0240. The Morgan fingerprint density at radius 2 is 1.89 bits per heavy atom. The summed E-state index contributed by atoms with van der Waals surface area (Å²) in [6, 6.07) is 9.31. The van der Waals surface area contributed by atoms with Gasteiger partial charge >= 0.3 is 0 Å². The summed E-state index contributed by atoms with van der Waals surface area (Å²) in [4.78, 5) is 12.4. The first kappa shape index (κ1) is 11.7. The average molecular weight is 250 g/mol. The molecule has 2 aliphatic rings. The molecule has 94 valence electrons. The Balaban J connectivity index is 1.84. The Bertz CT molecular complexity index is 616. The van der Waals surface area contributed by atoms with Crippen molar-refractivity contribution < 1.29 is 9.53 Å². The van der Waals surface area contributed by atoms with Crippen molar-refractivity contribution in [3.8, 4) is 0 Å². The number of carbonyl (C=O) groups excluding carboxylic acids is 1. The number of ether oxygens (including phenoxy) is 1. The van der Waals surface area contributed by atoms with E-state index in [-0.39, 0.29) is 5.78 Å². The van der Waals surface area contributed by atoms with E-state index < -0.39 is 0 Å². The fourth-order valence-electron chi connectivity index (χ4n) is 2.19. The minimum atomic E-state index is 0.0240. The van der Waals surface area contributed by atoms with Gasteiger partial charge in [0.1, 0.15) is 11.5 Å². The molecule has 19 heavy (non-hydrogen) atoms. The van der Waals surface area contributed by atoms with Crippen LogP contribution in [0.3, 0.4) is 0 Å². The van der Waals surface area contributed by atoms with E-state index >= 15 is 0 Å². The van der Waals surface area contributed by atoms with Crippen LogP contribution in [-0.4, -0.2) is 5.78 Å². The molecule has 0 atom stereocenters. The third-order valence-corrected chi connectivity index (χ3v) is 3.16.